The summed E-state index contributed by atoms with van der Waals surface area (Å²) in [7, 11) is 0. The van der Waals surface area contributed by atoms with E-state index in [9.17, 15) is 4.79 Å². The van der Waals surface area contributed by atoms with Crippen molar-refractivity contribution in [1.82, 2.24) is 15.6 Å². The third-order valence-corrected chi connectivity index (χ3v) is 6.07. The second kappa shape index (κ2) is 15.8. The largest absolute Gasteiger partial charge is 0.462 e. The summed E-state index contributed by atoms with van der Waals surface area (Å²) in [5.74, 6) is 1.05. The van der Waals surface area contributed by atoms with E-state index in [1.54, 1.807) is 6.92 Å². The molecule has 0 amide bonds. The minimum atomic E-state index is -0.313. The Balaban J connectivity index is 0.00000480. The van der Waals surface area contributed by atoms with Crippen LogP contribution in [-0.2, 0) is 14.2 Å². The standard InChI is InChI=1S/C21H36N4O4S.HI/c1-5-22-21(23-10-7-11-28-14-17-8-12-27-13-9-17)25-16(4)19-24-15(3)18(30-19)20(26)29-6-2;/h16-17H,5-14H2,1-4H3,(H2,22,23,25);1H. The molecule has 1 fully saturated rings. The molecule has 2 heterocycles. The zero-order valence-electron chi connectivity index (χ0n) is 19.1. The van der Waals surface area contributed by atoms with Crippen LogP contribution in [0.1, 0.15) is 66.4 Å². The number of esters is 1. The third-order valence-electron chi connectivity index (χ3n) is 4.75. The maximum absolute atomic E-state index is 12.0. The van der Waals surface area contributed by atoms with Crippen LogP contribution in [0.3, 0.4) is 0 Å². The molecule has 0 aliphatic carbocycles. The van der Waals surface area contributed by atoms with Gasteiger partial charge in [0, 0.05) is 39.5 Å². The number of carbonyl (C=O) groups is 1. The summed E-state index contributed by atoms with van der Waals surface area (Å²) in [4.78, 5) is 21.8. The number of hydrogen-bond donors (Lipinski definition) is 2. The number of carbonyl (C=O) groups excluding carboxylic acids is 1. The van der Waals surface area contributed by atoms with Gasteiger partial charge in [-0.25, -0.2) is 9.78 Å². The van der Waals surface area contributed by atoms with Crippen LogP contribution in [0.2, 0.25) is 0 Å². The molecule has 10 heteroatoms. The monoisotopic (exact) mass is 568 g/mol. The van der Waals surface area contributed by atoms with Crippen molar-refractivity contribution in [3.63, 3.8) is 0 Å². The fourth-order valence-corrected chi connectivity index (χ4v) is 4.06. The van der Waals surface area contributed by atoms with Gasteiger partial charge in [-0.05, 0) is 52.9 Å². The summed E-state index contributed by atoms with van der Waals surface area (Å²) in [6.07, 6.45) is 3.06. The molecule has 1 aromatic heterocycles. The van der Waals surface area contributed by atoms with Gasteiger partial charge in [-0.1, -0.05) is 0 Å². The molecule has 1 aliphatic heterocycles. The molecule has 31 heavy (non-hydrogen) atoms. The van der Waals surface area contributed by atoms with Crippen LogP contribution in [0.15, 0.2) is 4.99 Å². The van der Waals surface area contributed by atoms with Crippen LogP contribution in [-0.4, -0.2) is 63.0 Å². The molecule has 0 radical (unpaired) electrons. The van der Waals surface area contributed by atoms with Gasteiger partial charge in [0.2, 0.25) is 0 Å². The Hall–Kier alpha value is -0.980. The number of guanidine groups is 1. The predicted octanol–water partition coefficient (Wildman–Crippen LogP) is 3.70. The van der Waals surface area contributed by atoms with Crippen molar-refractivity contribution >= 4 is 47.2 Å². The minimum absolute atomic E-state index is 0. The summed E-state index contributed by atoms with van der Waals surface area (Å²) in [6.45, 7) is 12.7. The summed E-state index contributed by atoms with van der Waals surface area (Å²) in [5, 5.41) is 7.46. The van der Waals surface area contributed by atoms with E-state index in [-0.39, 0.29) is 36.0 Å². The molecule has 0 bridgehead atoms. The Labute approximate surface area is 206 Å². The maximum Gasteiger partial charge on any atom is 0.350 e. The number of thiazole rings is 1. The average molecular weight is 569 g/mol. The Morgan fingerprint density at radius 1 is 1.35 bits per heavy atom. The second-order valence-corrected chi connectivity index (χ2v) is 8.33. The number of aliphatic imine (C=N–C) groups is 1. The van der Waals surface area contributed by atoms with Gasteiger partial charge in [-0.2, -0.15) is 0 Å². The molecule has 1 saturated heterocycles. The first kappa shape index (κ1) is 28.1. The maximum atomic E-state index is 12.0. The number of hydrogen-bond acceptors (Lipinski definition) is 7. The molecule has 2 N–H and O–H groups in total. The normalized spacial score (nSPS) is 15.8. The highest BCUT2D eigenvalue weighted by molar-refractivity contribution is 14.0. The lowest BCUT2D eigenvalue weighted by molar-refractivity contribution is 0.0205. The highest BCUT2D eigenvalue weighted by atomic mass is 127. The van der Waals surface area contributed by atoms with Gasteiger partial charge in [0.25, 0.3) is 0 Å². The second-order valence-electron chi connectivity index (χ2n) is 7.30. The summed E-state index contributed by atoms with van der Waals surface area (Å²) >= 11 is 1.36. The summed E-state index contributed by atoms with van der Waals surface area (Å²) in [5.41, 5.74) is 0.700. The zero-order chi connectivity index (χ0) is 21.8. The van der Waals surface area contributed by atoms with Crippen molar-refractivity contribution in [1.29, 1.82) is 0 Å². The fraction of sp³-hybridized carbons (Fsp3) is 0.762. The van der Waals surface area contributed by atoms with Crippen LogP contribution in [0, 0.1) is 12.8 Å². The van der Waals surface area contributed by atoms with E-state index in [1.165, 1.54) is 11.3 Å². The first-order valence-corrected chi connectivity index (χ1v) is 11.7. The highest BCUT2D eigenvalue weighted by Crippen LogP contribution is 2.24. The molecule has 0 spiro atoms. The van der Waals surface area contributed by atoms with E-state index in [0.29, 0.717) is 36.2 Å². The first-order chi connectivity index (χ1) is 14.5. The van der Waals surface area contributed by atoms with Gasteiger partial charge in [0.05, 0.1) is 18.3 Å². The fourth-order valence-electron chi connectivity index (χ4n) is 3.10. The Morgan fingerprint density at radius 3 is 2.77 bits per heavy atom. The SMILES string of the molecule is CCNC(=NCCCOCC1CCOCC1)NC(C)c1nc(C)c(C(=O)OCC)s1.I. The molecule has 2 rings (SSSR count). The van der Waals surface area contributed by atoms with Gasteiger partial charge >= 0.3 is 5.97 Å². The molecule has 8 nitrogen and oxygen atoms in total. The van der Waals surface area contributed by atoms with Crippen molar-refractivity contribution in [2.75, 3.05) is 46.1 Å². The van der Waals surface area contributed by atoms with Gasteiger partial charge in [0.1, 0.15) is 9.88 Å². The summed E-state index contributed by atoms with van der Waals surface area (Å²) < 4.78 is 16.3. The van der Waals surface area contributed by atoms with E-state index in [0.717, 1.165) is 56.6 Å². The molecule has 1 aromatic rings. The van der Waals surface area contributed by atoms with Crippen molar-refractivity contribution < 1.29 is 19.0 Å². The number of aryl methyl sites for hydroxylation is 1. The van der Waals surface area contributed by atoms with Crippen LogP contribution in [0.5, 0.6) is 0 Å². The average Bonchev–Trinajstić information content (AvgIpc) is 3.13. The highest BCUT2D eigenvalue weighted by Gasteiger charge is 2.20. The minimum Gasteiger partial charge on any atom is -0.462 e. The predicted molar refractivity (Wildman–Crippen MR) is 135 cm³/mol. The molecule has 1 unspecified atom stereocenters. The van der Waals surface area contributed by atoms with Crippen molar-refractivity contribution in [2.45, 2.75) is 53.0 Å². The van der Waals surface area contributed by atoms with Gasteiger partial charge < -0.3 is 24.8 Å². The zero-order valence-corrected chi connectivity index (χ0v) is 22.2. The van der Waals surface area contributed by atoms with Crippen molar-refractivity contribution in [2.24, 2.45) is 10.9 Å². The Morgan fingerprint density at radius 2 is 2.10 bits per heavy atom. The van der Waals surface area contributed by atoms with Gasteiger partial charge in [0.15, 0.2) is 5.96 Å². The number of rotatable bonds is 11. The topological polar surface area (TPSA) is 94.1 Å². The Bertz CT molecular complexity index is 680. The van der Waals surface area contributed by atoms with E-state index >= 15 is 0 Å². The van der Waals surface area contributed by atoms with Crippen LogP contribution in [0.4, 0.5) is 0 Å². The van der Waals surface area contributed by atoms with Gasteiger partial charge in [-0.3, -0.25) is 4.99 Å². The lowest BCUT2D eigenvalue weighted by atomic mass is 10.0. The van der Waals surface area contributed by atoms with E-state index in [1.807, 2.05) is 20.8 Å². The van der Waals surface area contributed by atoms with E-state index in [4.69, 9.17) is 14.2 Å². The van der Waals surface area contributed by atoms with Crippen LogP contribution >= 0.6 is 35.3 Å². The smallest absolute Gasteiger partial charge is 0.350 e. The van der Waals surface area contributed by atoms with Gasteiger partial charge in [-0.15, -0.1) is 35.3 Å². The van der Waals surface area contributed by atoms with Crippen molar-refractivity contribution in [3.8, 4) is 0 Å². The third kappa shape index (κ3) is 10.0. The summed E-state index contributed by atoms with van der Waals surface area (Å²) in [6, 6.07) is -0.0700. The number of aromatic nitrogens is 1. The number of nitrogens with zero attached hydrogens (tertiary/aromatic N) is 2. The van der Waals surface area contributed by atoms with Crippen LogP contribution < -0.4 is 10.6 Å². The molecule has 1 aliphatic rings. The number of nitrogens with one attached hydrogen (secondary N) is 2. The molecule has 0 saturated carbocycles. The Kier molecular flexibility index (Phi) is 14.3. The van der Waals surface area contributed by atoms with E-state index in [2.05, 4.69) is 20.6 Å². The van der Waals surface area contributed by atoms with Crippen molar-refractivity contribution in [3.05, 3.63) is 15.6 Å². The molecular weight excluding hydrogens is 531 g/mol. The number of halogens is 1. The lowest BCUT2D eigenvalue weighted by Gasteiger charge is -2.21. The first-order valence-electron chi connectivity index (χ1n) is 10.9. The molecule has 178 valence electrons. The van der Waals surface area contributed by atoms with Crippen LogP contribution in [0.25, 0.3) is 0 Å². The molecular formula is C21H37IN4O4S. The molecule has 1 atom stereocenters. The quantitative estimate of drug-likeness (QED) is 0.138. The number of ether oxygens (including phenoxy) is 3. The molecule has 0 aromatic carbocycles. The van der Waals surface area contributed by atoms with E-state index < -0.39 is 0 Å². The lowest BCUT2D eigenvalue weighted by Crippen LogP contribution is -2.38.